The Hall–Kier alpha value is -2.13. The first-order valence-corrected chi connectivity index (χ1v) is 6.79. The molecule has 0 radical (unpaired) electrons. The first-order valence-electron chi connectivity index (χ1n) is 6.79. The molecule has 0 fully saturated rings. The van der Waals surface area contributed by atoms with Crippen molar-refractivity contribution in [2.24, 2.45) is 0 Å². The van der Waals surface area contributed by atoms with Gasteiger partial charge in [-0.25, -0.2) is 4.79 Å². The van der Waals surface area contributed by atoms with Gasteiger partial charge in [0.2, 0.25) is 0 Å². The second kappa shape index (κ2) is 5.47. The monoisotopic (exact) mass is 267 g/mol. The smallest absolute Gasteiger partial charge is 0.337 e. The van der Waals surface area contributed by atoms with E-state index in [1.165, 1.54) is 23.8 Å². The van der Waals surface area contributed by atoms with Gasteiger partial charge in [-0.2, -0.15) is 0 Å². The molecule has 1 aliphatic rings. The van der Waals surface area contributed by atoms with Crippen molar-refractivity contribution >= 4 is 5.97 Å². The second-order valence-corrected chi connectivity index (χ2v) is 4.95. The van der Waals surface area contributed by atoms with Gasteiger partial charge < -0.3 is 10.1 Å². The third kappa shape index (κ3) is 2.32. The maximum absolute atomic E-state index is 11.6. The van der Waals surface area contributed by atoms with Crippen LogP contribution in [0.25, 0.3) is 0 Å². The zero-order valence-electron chi connectivity index (χ0n) is 11.4. The predicted octanol–water partition coefficient (Wildman–Crippen LogP) is 2.71. The summed E-state index contributed by atoms with van der Waals surface area (Å²) in [6.45, 7) is 0.914. The predicted molar refractivity (Wildman–Crippen MR) is 77.8 cm³/mol. The van der Waals surface area contributed by atoms with Gasteiger partial charge in [0.15, 0.2) is 0 Å². The SMILES string of the molecule is COC(=O)c1ccc2c(c1)CCNC2c1ccccc1. The van der Waals surface area contributed by atoms with Gasteiger partial charge in [0.05, 0.1) is 18.7 Å². The number of carbonyl (C=O) groups excluding carboxylic acids is 1. The average Bonchev–Trinajstić information content (AvgIpc) is 2.53. The van der Waals surface area contributed by atoms with Crippen LogP contribution in [0.3, 0.4) is 0 Å². The highest BCUT2D eigenvalue weighted by Crippen LogP contribution is 2.29. The Morgan fingerprint density at radius 3 is 2.75 bits per heavy atom. The van der Waals surface area contributed by atoms with E-state index in [1.54, 1.807) is 0 Å². The third-order valence-electron chi connectivity index (χ3n) is 3.75. The maximum Gasteiger partial charge on any atom is 0.337 e. The Morgan fingerprint density at radius 1 is 1.20 bits per heavy atom. The molecular weight excluding hydrogens is 250 g/mol. The van der Waals surface area contributed by atoms with Crippen molar-refractivity contribution in [3.8, 4) is 0 Å². The fourth-order valence-electron chi connectivity index (χ4n) is 2.75. The number of nitrogens with one attached hydrogen (secondary N) is 1. The van der Waals surface area contributed by atoms with Crippen LogP contribution in [0.5, 0.6) is 0 Å². The minimum absolute atomic E-state index is 0.201. The average molecular weight is 267 g/mol. The Morgan fingerprint density at radius 2 is 2.00 bits per heavy atom. The quantitative estimate of drug-likeness (QED) is 0.850. The first kappa shape index (κ1) is 12.9. The molecule has 0 saturated carbocycles. The van der Waals surface area contributed by atoms with Gasteiger partial charge in [0, 0.05) is 6.54 Å². The van der Waals surface area contributed by atoms with Gasteiger partial charge >= 0.3 is 5.97 Å². The molecule has 0 spiro atoms. The van der Waals surface area contributed by atoms with Crippen molar-refractivity contribution in [2.45, 2.75) is 12.5 Å². The molecule has 1 N–H and O–H groups in total. The topological polar surface area (TPSA) is 38.3 Å². The van der Waals surface area contributed by atoms with Gasteiger partial charge in [-0.05, 0) is 35.2 Å². The van der Waals surface area contributed by atoms with E-state index in [2.05, 4.69) is 17.4 Å². The molecule has 1 heterocycles. The number of methoxy groups -OCH3 is 1. The van der Waals surface area contributed by atoms with Gasteiger partial charge in [-0.1, -0.05) is 36.4 Å². The molecule has 2 aromatic carbocycles. The Bertz CT molecular complexity index is 622. The fourth-order valence-corrected chi connectivity index (χ4v) is 2.75. The van der Waals surface area contributed by atoms with Crippen molar-refractivity contribution in [3.63, 3.8) is 0 Å². The number of hydrogen-bond donors (Lipinski definition) is 1. The number of benzene rings is 2. The largest absolute Gasteiger partial charge is 0.465 e. The minimum Gasteiger partial charge on any atom is -0.465 e. The second-order valence-electron chi connectivity index (χ2n) is 4.95. The highest BCUT2D eigenvalue weighted by Gasteiger charge is 2.22. The summed E-state index contributed by atoms with van der Waals surface area (Å²) >= 11 is 0. The molecule has 102 valence electrons. The van der Waals surface area contributed by atoms with Gasteiger partial charge in [-0.3, -0.25) is 0 Å². The molecule has 3 nitrogen and oxygen atoms in total. The van der Waals surface area contributed by atoms with E-state index in [-0.39, 0.29) is 12.0 Å². The Kier molecular flexibility index (Phi) is 3.52. The van der Waals surface area contributed by atoms with Crippen LogP contribution >= 0.6 is 0 Å². The van der Waals surface area contributed by atoms with Crippen LogP contribution in [-0.2, 0) is 11.2 Å². The highest BCUT2D eigenvalue weighted by atomic mass is 16.5. The summed E-state index contributed by atoms with van der Waals surface area (Å²) in [6, 6.07) is 16.4. The Labute approximate surface area is 118 Å². The molecule has 0 saturated heterocycles. The van der Waals surface area contributed by atoms with E-state index >= 15 is 0 Å². The summed E-state index contributed by atoms with van der Waals surface area (Å²) < 4.78 is 4.78. The lowest BCUT2D eigenvalue weighted by atomic mass is 9.89. The van der Waals surface area contributed by atoms with E-state index in [9.17, 15) is 4.79 Å². The van der Waals surface area contributed by atoms with Crippen LogP contribution in [-0.4, -0.2) is 19.6 Å². The number of carbonyl (C=O) groups is 1. The van der Waals surface area contributed by atoms with Crippen LogP contribution in [0.2, 0.25) is 0 Å². The van der Waals surface area contributed by atoms with Crippen LogP contribution < -0.4 is 5.32 Å². The zero-order valence-corrected chi connectivity index (χ0v) is 11.4. The van der Waals surface area contributed by atoms with Crippen LogP contribution in [0.1, 0.15) is 33.1 Å². The zero-order chi connectivity index (χ0) is 13.9. The molecule has 1 atom stereocenters. The van der Waals surface area contributed by atoms with E-state index < -0.39 is 0 Å². The molecule has 1 unspecified atom stereocenters. The minimum atomic E-state index is -0.275. The molecule has 0 aromatic heterocycles. The standard InChI is InChI=1S/C17H17NO2/c1-20-17(19)14-7-8-15-13(11-14)9-10-18-16(15)12-5-3-2-4-6-12/h2-8,11,16,18H,9-10H2,1H3. The van der Waals surface area contributed by atoms with Crippen molar-refractivity contribution in [3.05, 3.63) is 70.8 Å². The number of hydrogen-bond acceptors (Lipinski definition) is 3. The summed E-state index contributed by atoms with van der Waals surface area (Å²) in [6.07, 6.45) is 0.934. The molecule has 3 rings (SSSR count). The van der Waals surface area contributed by atoms with Crippen LogP contribution in [0, 0.1) is 0 Å². The first-order chi connectivity index (χ1) is 9.79. The molecule has 0 bridgehead atoms. The summed E-state index contributed by atoms with van der Waals surface area (Å²) in [5, 5.41) is 3.54. The lowest BCUT2D eigenvalue weighted by molar-refractivity contribution is 0.0600. The summed E-state index contributed by atoms with van der Waals surface area (Å²) in [5.74, 6) is -0.275. The normalized spacial score (nSPS) is 17.4. The van der Waals surface area contributed by atoms with E-state index in [0.29, 0.717) is 5.56 Å². The molecule has 0 aliphatic carbocycles. The molecule has 3 heteroatoms. The van der Waals surface area contributed by atoms with E-state index in [4.69, 9.17) is 4.74 Å². The summed E-state index contributed by atoms with van der Waals surface area (Å²) in [7, 11) is 1.41. The van der Waals surface area contributed by atoms with Crippen molar-refractivity contribution < 1.29 is 9.53 Å². The lowest BCUT2D eigenvalue weighted by Gasteiger charge is -2.27. The van der Waals surface area contributed by atoms with E-state index in [1.807, 2.05) is 36.4 Å². The number of esters is 1. The van der Waals surface area contributed by atoms with Gasteiger partial charge in [0.1, 0.15) is 0 Å². The van der Waals surface area contributed by atoms with Crippen LogP contribution in [0.15, 0.2) is 48.5 Å². The number of ether oxygens (including phenoxy) is 1. The maximum atomic E-state index is 11.6. The van der Waals surface area contributed by atoms with Gasteiger partial charge in [0.25, 0.3) is 0 Å². The van der Waals surface area contributed by atoms with Gasteiger partial charge in [-0.15, -0.1) is 0 Å². The van der Waals surface area contributed by atoms with Crippen LogP contribution in [0.4, 0.5) is 0 Å². The Balaban J connectivity index is 2.00. The summed E-state index contributed by atoms with van der Waals surface area (Å²) in [4.78, 5) is 11.6. The van der Waals surface area contributed by atoms with Crippen molar-refractivity contribution in [1.82, 2.24) is 5.32 Å². The summed E-state index contributed by atoms with van der Waals surface area (Å²) in [5.41, 5.74) is 4.34. The number of rotatable bonds is 2. The molecule has 20 heavy (non-hydrogen) atoms. The third-order valence-corrected chi connectivity index (χ3v) is 3.75. The number of fused-ring (bicyclic) bond motifs is 1. The highest BCUT2D eigenvalue weighted by molar-refractivity contribution is 5.89. The lowest BCUT2D eigenvalue weighted by Crippen LogP contribution is -2.30. The molecule has 0 amide bonds. The van der Waals surface area contributed by atoms with Crippen molar-refractivity contribution in [2.75, 3.05) is 13.7 Å². The molecule has 1 aliphatic heterocycles. The van der Waals surface area contributed by atoms with E-state index in [0.717, 1.165) is 13.0 Å². The molecule has 2 aromatic rings. The van der Waals surface area contributed by atoms with Crippen molar-refractivity contribution in [1.29, 1.82) is 0 Å². The molecular formula is C17H17NO2. The fraction of sp³-hybridized carbons (Fsp3) is 0.235.